The first-order valence-electron chi connectivity index (χ1n) is 9.59. The predicted octanol–water partition coefficient (Wildman–Crippen LogP) is 6.52. The Kier molecular flexibility index (Phi) is 14.9. The number of carbonyl (C=O) groups is 1. The van der Waals surface area contributed by atoms with Gasteiger partial charge in [0.25, 0.3) is 5.91 Å². The number of rotatable bonds is 4. The van der Waals surface area contributed by atoms with E-state index in [1.807, 2.05) is 87.5 Å². The Labute approximate surface area is 180 Å². The van der Waals surface area contributed by atoms with Gasteiger partial charge >= 0.3 is 0 Å². The largest absolute Gasteiger partial charge is 0.369 e. The highest BCUT2D eigenvalue weighted by atomic mass is 35.5. The van der Waals surface area contributed by atoms with Crippen LogP contribution in [0.4, 0.5) is 0 Å². The van der Waals surface area contributed by atoms with Crippen LogP contribution in [0.15, 0.2) is 91.6 Å². The zero-order valence-corrected chi connectivity index (χ0v) is 18.5. The second kappa shape index (κ2) is 16.3. The molecule has 0 bridgehead atoms. The Morgan fingerprint density at radius 1 is 1.00 bits per heavy atom. The molecule has 1 atom stereocenters. The van der Waals surface area contributed by atoms with Gasteiger partial charge in [0.1, 0.15) is 0 Å². The normalized spacial score (nSPS) is 14.2. The van der Waals surface area contributed by atoms with E-state index in [1.54, 1.807) is 18.2 Å². The lowest BCUT2D eigenvalue weighted by molar-refractivity contribution is 0.0137. The van der Waals surface area contributed by atoms with E-state index in [4.69, 9.17) is 0 Å². The molecule has 0 fully saturated rings. The first kappa shape index (κ1) is 26.4. The first-order valence-corrected chi connectivity index (χ1v) is 10.3. The molecule has 0 saturated carbocycles. The second-order valence-corrected chi connectivity index (χ2v) is 5.53. The maximum Gasteiger partial charge on any atom is 0.256 e. The van der Waals surface area contributed by atoms with Crippen molar-refractivity contribution < 1.29 is 9.90 Å². The number of benzene rings is 2. The summed E-state index contributed by atoms with van der Waals surface area (Å²) in [5.74, 6) is -0.109. The van der Waals surface area contributed by atoms with Gasteiger partial charge in [-0.25, -0.2) is 0 Å². The molecule has 1 unspecified atom stereocenters. The minimum atomic E-state index is -0.839. The molecule has 1 aliphatic heterocycles. The summed E-state index contributed by atoms with van der Waals surface area (Å²) < 4.78 is 0. The number of hydrogen-bond donors (Lipinski definition) is 1. The van der Waals surface area contributed by atoms with Crippen molar-refractivity contribution in [3.05, 3.63) is 108 Å². The van der Waals surface area contributed by atoms with Gasteiger partial charge in [-0.2, -0.15) is 0 Å². The molecule has 156 valence electrons. The van der Waals surface area contributed by atoms with Crippen LogP contribution in [0.25, 0.3) is 0 Å². The van der Waals surface area contributed by atoms with E-state index in [2.05, 4.69) is 18.2 Å². The quantitative estimate of drug-likeness (QED) is 0.457. The zero-order valence-electron chi connectivity index (χ0n) is 17.8. The number of halogens is 1. The van der Waals surface area contributed by atoms with E-state index in [-0.39, 0.29) is 5.91 Å². The number of aliphatic hydroxyl groups excluding tert-OH is 1. The van der Waals surface area contributed by atoms with Crippen LogP contribution in [0, 0.1) is 0 Å². The molecule has 0 spiro atoms. The average Bonchev–Trinajstić information content (AvgIpc) is 3.03. The van der Waals surface area contributed by atoms with Gasteiger partial charge in [-0.3, -0.25) is 4.79 Å². The smallest absolute Gasteiger partial charge is 0.256 e. The van der Waals surface area contributed by atoms with E-state index >= 15 is 0 Å². The predicted molar refractivity (Wildman–Crippen MR) is 125 cm³/mol. The molecule has 0 radical (unpaired) electrons. The summed E-state index contributed by atoms with van der Waals surface area (Å²) in [7, 11) is 0. The maximum atomic E-state index is 12.2. The van der Waals surface area contributed by atoms with Crippen molar-refractivity contribution >= 4 is 17.5 Å². The maximum absolute atomic E-state index is 12.2. The summed E-state index contributed by atoms with van der Waals surface area (Å²) in [6.07, 6.45) is 10.1. The van der Waals surface area contributed by atoms with Crippen molar-refractivity contribution in [2.45, 2.75) is 33.5 Å². The number of nitrogens with zero attached hydrogens (tertiary/aromatic N) is 1. The standard InChI is InChI=1S/C15H13NO2.C7H10.C2H6.CH3Cl/c17-14-12-8-4-5-9-13(12)15(18)16(14)10-11-6-2-1-3-7-11;1-3-5-7-6-4-2;2*1-2/h1-9,14,17H,10H2;3-7H,1H2,2H3;1-2H3;1H3/b;6-4-,7-5-;;. The van der Waals surface area contributed by atoms with E-state index in [1.165, 1.54) is 11.3 Å². The van der Waals surface area contributed by atoms with Crippen molar-refractivity contribution in [2.24, 2.45) is 0 Å². The molecule has 1 amide bonds. The molecule has 3 nitrogen and oxygen atoms in total. The molecule has 1 aliphatic rings. The molecule has 2 aromatic carbocycles. The van der Waals surface area contributed by atoms with Crippen molar-refractivity contribution in [1.29, 1.82) is 0 Å². The van der Waals surface area contributed by atoms with Crippen LogP contribution >= 0.6 is 11.6 Å². The minimum absolute atomic E-state index is 0.109. The number of alkyl halides is 1. The monoisotopic (exact) mass is 413 g/mol. The van der Waals surface area contributed by atoms with Gasteiger partial charge < -0.3 is 10.0 Å². The fourth-order valence-corrected chi connectivity index (χ4v) is 2.54. The number of hydrogen-bond acceptors (Lipinski definition) is 2. The number of carbonyl (C=O) groups excluding carboxylic acids is 1. The van der Waals surface area contributed by atoms with Gasteiger partial charge in [-0.05, 0) is 18.6 Å². The molecule has 29 heavy (non-hydrogen) atoms. The Bertz CT molecular complexity index is 769. The third kappa shape index (κ3) is 8.51. The van der Waals surface area contributed by atoms with Crippen LogP contribution in [0.1, 0.15) is 48.5 Å². The summed E-state index contributed by atoms with van der Waals surface area (Å²) in [6.45, 7) is 9.92. The Hall–Kier alpha value is -2.62. The molecule has 0 aromatic heterocycles. The Morgan fingerprint density at radius 2 is 1.59 bits per heavy atom. The SMILES string of the molecule is C=C/C=C\C=C/C.CC.CCl.O=C1c2ccccc2C(O)N1Cc1ccccc1. The van der Waals surface area contributed by atoms with Crippen LogP contribution < -0.4 is 0 Å². The van der Waals surface area contributed by atoms with Crippen molar-refractivity contribution in [1.82, 2.24) is 4.90 Å². The number of fused-ring (bicyclic) bond motifs is 1. The summed E-state index contributed by atoms with van der Waals surface area (Å²) in [4.78, 5) is 13.7. The molecule has 1 N–H and O–H groups in total. The van der Waals surface area contributed by atoms with Gasteiger partial charge in [-0.1, -0.05) is 99.3 Å². The van der Waals surface area contributed by atoms with E-state index in [0.29, 0.717) is 17.7 Å². The topological polar surface area (TPSA) is 40.5 Å². The van der Waals surface area contributed by atoms with Gasteiger partial charge in [0.05, 0.1) is 0 Å². The molecule has 1 heterocycles. The number of allylic oxidation sites excluding steroid dienone is 5. The van der Waals surface area contributed by atoms with Crippen LogP contribution in [0.3, 0.4) is 0 Å². The summed E-state index contributed by atoms with van der Waals surface area (Å²) in [5, 5.41) is 10.2. The van der Waals surface area contributed by atoms with Gasteiger partial charge in [0.2, 0.25) is 0 Å². The molecule has 2 aromatic rings. The van der Waals surface area contributed by atoms with Crippen LogP contribution in [0.2, 0.25) is 0 Å². The fourth-order valence-electron chi connectivity index (χ4n) is 2.54. The van der Waals surface area contributed by atoms with E-state index < -0.39 is 6.23 Å². The molecule has 4 heteroatoms. The molecule has 0 aliphatic carbocycles. The van der Waals surface area contributed by atoms with Crippen molar-refractivity contribution in [2.75, 3.05) is 6.38 Å². The highest BCUT2D eigenvalue weighted by Crippen LogP contribution is 2.32. The fraction of sp³-hybridized carbons (Fsp3) is 0.240. The van der Waals surface area contributed by atoms with Crippen LogP contribution in [-0.4, -0.2) is 22.3 Å². The number of amides is 1. The molecular formula is C25H32ClNO2. The highest BCUT2D eigenvalue weighted by Gasteiger charge is 2.34. The summed E-state index contributed by atoms with van der Waals surface area (Å²) in [6, 6.07) is 16.9. The lowest BCUT2D eigenvalue weighted by Crippen LogP contribution is -2.27. The van der Waals surface area contributed by atoms with E-state index in [0.717, 1.165) is 5.56 Å². The van der Waals surface area contributed by atoms with E-state index in [9.17, 15) is 9.90 Å². The first-order chi connectivity index (χ1) is 14.2. The van der Waals surface area contributed by atoms with Gasteiger partial charge in [-0.15, -0.1) is 11.6 Å². The van der Waals surface area contributed by atoms with Crippen LogP contribution in [-0.2, 0) is 6.54 Å². The van der Waals surface area contributed by atoms with Crippen molar-refractivity contribution in [3.8, 4) is 0 Å². The lowest BCUT2D eigenvalue weighted by Gasteiger charge is -2.20. The van der Waals surface area contributed by atoms with Crippen LogP contribution in [0.5, 0.6) is 0 Å². The van der Waals surface area contributed by atoms with Gasteiger partial charge in [0.15, 0.2) is 6.23 Å². The van der Waals surface area contributed by atoms with Crippen molar-refractivity contribution in [3.63, 3.8) is 0 Å². The molecule has 0 saturated heterocycles. The summed E-state index contributed by atoms with van der Waals surface area (Å²) >= 11 is 4.64. The third-order valence-corrected chi connectivity index (χ3v) is 3.77. The highest BCUT2D eigenvalue weighted by molar-refractivity contribution is 6.15. The lowest BCUT2D eigenvalue weighted by atomic mass is 10.1. The average molecular weight is 414 g/mol. The third-order valence-electron chi connectivity index (χ3n) is 3.77. The summed E-state index contributed by atoms with van der Waals surface area (Å²) in [5.41, 5.74) is 2.30. The Morgan fingerprint density at radius 3 is 2.14 bits per heavy atom. The number of aliphatic hydroxyl groups is 1. The Balaban J connectivity index is 0.000000606. The zero-order chi connectivity index (χ0) is 22.1. The molecule has 3 rings (SSSR count). The molecular weight excluding hydrogens is 382 g/mol. The second-order valence-electron chi connectivity index (χ2n) is 5.53. The van der Waals surface area contributed by atoms with Gasteiger partial charge in [0, 0.05) is 24.1 Å². The minimum Gasteiger partial charge on any atom is -0.369 e.